The number of benzene rings is 2. The maximum absolute atomic E-state index is 12.5. The van der Waals surface area contributed by atoms with Crippen molar-refractivity contribution in [1.29, 1.82) is 0 Å². The fraction of sp³-hybridized carbons (Fsp3) is 0.118. The molecule has 0 spiro atoms. The second-order valence-corrected chi connectivity index (χ2v) is 6.68. The third-order valence-corrected chi connectivity index (χ3v) is 4.58. The first-order chi connectivity index (χ1) is 12.1. The maximum Gasteiger partial charge on any atom is 0.284 e. The lowest BCUT2D eigenvalue weighted by molar-refractivity contribution is 0.108. The van der Waals surface area contributed by atoms with Gasteiger partial charge in [-0.25, -0.2) is 0 Å². The zero-order valence-corrected chi connectivity index (χ0v) is 15.8. The first-order valence-electron chi connectivity index (χ1n) is 7.14. The van der Waals surface area contributed by atoms with Crippen LogP contribution >= 0.6 is 27.7 Å². The van der Waals surface area contributed by atoms with E-state index >= 15 is 0 Å². The van der Waals surface area contributed by atoms with Crippen LogP contribution in [0.4, 0.5) is 0 Å². The summed E-state index contributed by atoms with van der Waals surface area (Å²) < 4.78 is 16.9. The van der Waals surface area contributed by atoms with Gasteiger partial charge in [0.1, 0.15) is 11.5 Å². The lowest BCUT2D eigenvalue weighted by Gasteiger charge is -2.08. The summed E-state index contributed by atoms with van der Waals surface area (Å²) in [6, 6.07) is 12.4. The molecular formula is C17H13BrN2O4S. The van der Waals surface area contributed by atoms with Crippen molar-refractivity contribution in [3.8, 4) is 23.0 Å². The number of halogens is 1. The molecule has 0 amide bonds. The van der Waals surface area contributed by atoms with Crippen molar-refractivity contribution in [3.05, 3.63) is 52.5 Å². The molecule has 3 rings (SSSR count). The van der Waals surface area contributed by atoms with E-state index in [1.54, 1.807) is 25.3 Å². The van der Waals surface area contributed by atoms with Gasteiger partial charge >= 0.3 is 0 Å². The summed E-state index contributed by atoms with van der Waals surface area (Å²) in [5, 5.41) is 7.80. The topological polar surface area (TPSA) is 74.5 Å². The van der Waals surface area contributed by atoms with E-state index in [4.69, 9.17) is 13.9 Å². The Kier molecular flexibility index (Phi) is 5.40. The SMILES string of the molecule is COc1ccc(C(=O)Sc2nnc(-c3ccc(Br)cc3)o2)c(OC)c1. The van der Waals surface area contributed by atoms with Gasteiger partial charge < -0.3 is 13.9 Å². The van der Waals surface area contributed by atoms with Gasteiger partial charge in [0, 0.05) is 27.9 Å². The van der Waals surface area contributed by atoms with Crippen LogP contribution in [0.3, 0.4) is 0 Å². The molecule has 0 fully saturated rings. The van der Waals surface area contributed by atoms with Crippen LogP contribution in [0.5, 0.6) is 11.5 Å². The van der Waals surface area contributed by atoms with E-state index in [0.29, 0.717) is 23.0 Å². The largest absolute Gasteiger partial charge is 0.497 e. The van der Waals surface area contributed by atoms with Gasteiger partial charge in [0.15, 0.2) is 0 Å². The molecule has 0 aliphatic rings. The number of rotatable bonds is 5. The molecule has 128 valence electrons. The van der Waals surface area contributed by atoms with Gasteiger partial charge in [0.05, 0.1) is 19.8 Å². The molecule has 0 unspecified atom stereocenters. The van der Waals surface area contributed by atoms with Crippen molar-refractivity contribution < 1.29 is 18.7 Å². The molecule has 0 radical (unpaired) electrons. The van der Waals surface area contributed by atoms with Crippen molar-refractivity contribution in [2.75, 3.05) is 14.2 Å². The number of ether oxygens (including phenoxy) is 2. The Morgan fingerprint density at radius 1 is 1.08 bits per heavy atom. The summed E-state index contributed by atoms with van der Waals surface area (Å²) in [5.41, 5.74) is 1.17. The predicted molar refractivity (Wildman–Crippen MR) is 97.2 cm³/mol. The van der Waals surface area contributed by atoms with Crippen molar-refractivity contribution in [3.63, 3.8) is 0 Å². The minimum atomic E-state index is -0.259. The molecule has 0 N–H and O–H groups in total. The Balaban J connectivity index is 1.79. The Morgan fingerprint density at radius 2 is 1.84 bits per heavy atom. The van der Waals surface area contributed by atoms with Gasteiger partial charge in [-0.2, -0.15) is 0 Å². The van der Waals surface area contributed by atoms with Gasteiger partial charge in [0.2, 0.25) is 11.0 Å². The second-order valence-electron chi connectivity index (χ2n) is 4.84. The molecule has 8 heteroatoms. The number of carbonyl (C=O) groups is 1. The normalized spacial score (nSPS) is 10.5. The molecule has 3 aromatic rings. The van der Waals surface area contributed by atoms with E-state index < -0.39 is 0 Å². The van der Waals surface area contributed by atoms with E-state index in [0.717, 1.165) is 21.8 Å². The quantitative estimate of drug-likeness (QED) is 0.564. The van der Waals surface area contributed by atoms with Crippen LogP contribution in [0, 0.1) is 0 Å². The summed E-state index contributed by atoms with van der Waals surface area (Å²) in [4.78, 5) is 12.5. The predicted octanol–water partition coefficient (Wildman–Crippen LogP) is 4.45. The number of carbonyl (C=O) groups excluding carboxylic acids is 1. The molecule has 1 aromatic heterocycles. The zero-order chi connectivity index (χ0) is 17.8. The summed E-state index contributed by atoms with van der Waals surface area (Å²) in [6.45, 7) is 0. The van der Waals surface area contributed by atoms with Crippen LogP contribution < -0.4 is 9.47 Å². The molecular weight excluding hydrogens is 408 g/mol. The first kappa shape index (κ1) is 17.5. The Hall–Kier alpha value is -2.32. The molecule has 2 aromatic carbocycles. The van der Waals surface area contributed by atoms with E-state index in [1.807, 2.05) is 24.3 Å². The lowest BCUT2D eigenvalue weighted by atomic mass is 10.2. The van der Waals surface area contributed by atoms with E-state index in [2.05, 4.69) is 26.1 Å². The number of hydrogen-bond acceptors (Lipinski definition) is 7. The minimum Gasteiger partial charge on any atom is -0.497 e. The van der Waals surface area contributed by atoms with Gasteiger partial charge in [-0.1, -0.05) is 15.9 Å². The second kappa shape index (κ2) is 7.71. The highest BCUT2D eigenvalue weighted by Gasteiger charge is 2.19. The van der Waals surface area contributed by atoms with Crippen LogP contribution in [0.15, 0.2) is 56.6 Å². The Bertz CT molecular complexity index is 896. The Labute approximate surface area is 156 Å². The van der Waals surface area contributed by atoms with E-state index in [-0.39, 0.29) is 10.3 Å². The molecule has 0 saturated heterocycles. The van der Waals surface area contributed by atoms with E-state index in [9.17, 15) is 4.79 Å². The summed E-state index contributed by atoms with van der Waals surface area (Å²) in [7, 11) is 3.04. The number of thioether (sulfide) groups is 1. The molecule has 0 saturated carbocycles. The van der Waals surface area contributed by atoms with Crippen molar-refractivity contribution >= 4 is 32.8 Å². The molecule has 0 aliphatic carbocycles. The highest BCUT2D eigenvalue weighted by Crippen LogP contribution is 2.31. The first-order valence-corrected chi connectivity index (χ1v) is 8.75. The lowest BCUT2D eigenvalue weighted by Crippen LogP contribution is -1.99. The maximum atomic E-state index is 12.5. The highest BCUT2D eigenvalue weighted by atomic mass is 79.9. The van der Waals surface area contributed by atoms with Crippen LogP contribution in [0.1, 0.15) is 10.4 Å². The highest BCUT2D eigenvalue weighted by molar-refractivity contribution is 9.10. The van der Waals surface area contributed by atoms with E-state index in [1.165, 1.54) is 7.11 Å². The fourth-order valence-corrected chi connectivity index (χ4v) is 2.97. The molecule has 0 atom stereocenters. The van der Waals surface area contributed by atoms with Crippen molar-refractivity contribution in [2.45, 2.75) is 5.22 Å². The molecule has 0 bridgehead atoms. The van der Waals surface area contributed by atoms with Gasteiger partial charge in [-0.05, 0) is 36.4 Å². The molecule has 1 heterocycles. The van der Waals surface area contributed by atoms with Gasteiger partial charge in [-0.3, -0.25) is 4.79 Å². The number of nitrogens with zero attached hydrogens (tertiary/aromatic N) is 2. The molecule has 0 aliphatic heterocycles. The minimum absolute atomic E-state index is 0.167. The zero-order valence-electron chi connectivity index (χ0n) is 13.4. The smallest absolute Gasteiger partial charge is 0.284 e. The Morgan fingerprint density at radius 3 is 2.52 bits per heavy atom. The van der Waals surface area contributed by atoms with Crippen molar-refractivity contribution in [2.24, 2.45) is 0 Å². The summed E-state index contributed by atoms with van der Waals surface area (Å²) in [6.07, 6.45) is 0. The third-order valence-electron chi connectivity index (χ3n) is 3.31. The monoisotopic (exact) mass is 420 g/mol. The molecule has 25 heavy (non-hydrogen) atoms. The van der Waals surface area contributed by atoms with Crippen molar-refractivity contribution in [1.82, 2.24) is 10.2 Å². The average Bonchev–Trinajstić information content (AvgIpc) is 3.10. The van der Waals surface area contributed by atoms with Crippen LogP contribution in [-0.2, 0) is 0 Å². The average molecular weight is 421 g/mol. The standard InChI is InChI=1S/C17H13BrN2O4S/c1-22-12-7-8-13(14(9-12)23-2)16(21)25-17-20-19-15(24-17)10-3-5-11(18)6-4-10/h3-9H,1-2H3. The summed E-state index contributed by atoms with van der Waals surface area (Å²) >= 11 is 4.22. The van der Waals surface area contributed by atoms with Gasteiger partial charge in [0.25, 0.3) is 5.22 Å². The van der Waals surface area contributed by atoms with Gasteiger partial charge in [-0.15, -0.1) is 10.2 Å². The third kappa shape index (κ3) is 4.02. The number of hydrogen-bond donors (Lipinski definition) is 0. The fourth-order valence-electron chi connectivity index (χ4n) is 2.06. The molecule has 6 nitrogen and oxygen atoms in total. The number of methoxy groups -OCH3 is 2. The van der Waals surface area contributed by atoms with Crippen LogP contribution in [-0.4, -0.2) is 29.5 Å². The number of aromatic nitrogens is 2. The summed E-state index contributed by atoms with van der Waals surface area (Å²) in [5.74, 6) is 1.38. The van der Waals surface area contributed by atoms with Crippen LogP contribution in [0.25, 0.3) is 11.5 Å². The van der Waals surface area contributed by atoms with Crippen LogP contribution in [0.2, 0.25) is 0 Å².